The molecule has 2 aromatic carbocycles. The van der Waals surface area contributed by atoms with Gasteiger partial charge in [-0.2, -0.15) is 0 Å². The lowest BCUT2D eigenvalue weighted by Crippen LogP contribution is -2.25. The average Bonchev–Trinajstić information content (AvgIpc) is 2.64. The standard InChI is InChI=1S/C21H27NO4/c1-15(2)26-17-10-5-8-16(14-17)9-7-13-22-21(23)18-11-6-12-19(24-3)20(18)25-4/h5-6,8,10-12,14-15H,7,9,13H2,1-4H3,(H,22,23). The van der Waals surface area contributed by atoms with E-state index >= 15 is 0 Å². The Kier molecular flexibility index (Phi) is 7.33. The molecule has 0 fully saturated rings. The number of methoxy groups -OCH3 is 2. The lowest BCUT2D eigenvalue weighted by Gasteiger charge is -2.13. The maximum absolute atomic E-state index is 12.4. The first-order valence-corrected chi connectivity index (χ1v) is 8.80. The lowest BCUT2D eigenvalue weighted by atomic mass is 10.1. The van der Waals surface area contributed by atoms with Crippen molar-refractivity contribution >= 4 is 5.91 Å². The number of hydrogen-bond donors (Lipinski definition) is 1. The van der Waals surface area contributed by atoms with E-state index in [0.29, 0.717) is 23.6 Å². The van der Waals surface area contributed by atoms with Crippen molar-refractivity contribution < 1.29 is 19.0 Å². The van der Waals surface area contributed by atoms with E-state index in [0.717, 1.165) is 18.6 Å². The summed E-state index contributed by atoms with van der Waals surface area (Å²) in [5, 5.41) is 2.94. The van der Waals surface area contributed by atoms with Crippen molar-refractivity contribution in [3.63, 3.8) is 0 Å². The minimum atomic E-state index is -0.169. The molecule has 5 nitrogen and oxygen atoms in total. The van der Waals surface area contributed by atoms with Crippen molar-refractivity contribution in [3.05, 3.63) is 53.6 Å². The molecule has 0 aromatic heterocycles. The van der Waals surface area contributed by atoms with Gasteiger partial charge in [0.05, 0.1) is 25.9 Å². The van der Waals surface area contributed by atoms with Gasteiger partial charge in [0, 0.05) is 6.54 Å². The van der Waals surface area contributed by atoms with Gasteiger partial charge in [-0.25, -0.2) is 0 Å². The summed E-state index contributed by atoms with van der Waals surface area (Å²) in [7, 11) is 3.08. The second-order valence-corrected chi connectivity index (χ2v) is 6.21. The summed E-state index contributed by atoms with van der Waals surface area (Å²) in [5.74, 6) is 1.70. The highest BCUT2D eigenvalue weighted by atomic mass is 16.5. The normalized spacial score (nSPS) is 10.5. The number of carbonyl (C=O) groups is 1. The maximum atomic E-state index is 12.4. The molecular weight excluding hydrogens is 330 g/mol. The minimum absolute atomic E-state index is 0.155. The molecule has 1 N–H and O–H groups in total. The number of aryl methyl sites for hydroxylation is 1. The molecule has 0 radical (unpaired) electrons. The van der Waals surface area contributed by atoms with Gasteiger partial charge in [-0.1, -0.05) is 18.2 Å². The number of ether oxygens (including phenoxy) is 3. The number of rotatable bonds is 9. The van der Waals surface area contributed by atoms with Crippen LogP contribution in [0.2, 0.25) is 0 Å². The molecule has 0 spiro atoms. The zero-order chi connectivity index (χ0) is 18.9. The van der Waals surface area contributed by atoms with Crippen LogP contribution in [0.3, 0.4) is 0 Å². The maximum Gasteiger partial charge on any atom is 0.255 e. The van der Waals surface area contributed by atoms with Crippen molar-refractivity contribution in [3.8, 4) is 17.2 Å². The van der Waals surface area contributed by atoms with E-state index in [1.54, 1.807) is 25.3 Å². The van der Waals surface area contributed by atoms with Gasteiger partial charge in [0.1, 0.15) is 5.75 Å². The molecule has 2 aromatic rings. The van der Waals surface area contributed by atoms with Crippen molar-refractivity contribution in [2.45, 2.75) is 32.8 Å². The van der Waals surface area contributed by atoms with E-state index in [1.165, 1.54) is 12.7 Å². The predicted octanol–water partition coefficient (Wildman–Crippen LogP) is 3.85. The Morgan fingerprint density at radius 1 is 1.08 bits per heavy atom. The minimum Gasteiger partial charge on any atom is -0.493 e. The molecule has 26 heavy (non-hydrogen) atoms. The van der Waals surface area contributed by atoms with Gasteiger partial charge < -0.3 is 19.5 Å². The first-order chi connectivity index (χ1) is 12.5. The van der Waals surface area contributed by atoms with Gasteiger partial charge in [-0.15, -0.1) is 0 Å². The first-order valence-electron chi connectivity index (χ1n) is 8.80. The molecule has 0 aliphatic carbocycles. The Morgan fingerprint density at radius 3 is 2.54 bits per heavy atom. The molecule has 0 heterocycles. The summed E-state index contributed by atoms with van der Waals surface area (Å²) in [6.45, 7) is 4.60. The summed E-state index contributed by atoms with van der Waals surface area (Å²) in [5.41, 5.74) is 1.66. The highest BCUT2D eigenvalue weighted by Crippen LogP contribution is 2.30. The fourth-order valence-electron chi connectivity index (χ4n) is 2.70. The van der Waals surface area contributed by atoms with E-state index in [1.807, 2.05) is 32.0 Å². The Hall–Kier alpha value is -2.69. The number of para-hydroxylation sites is 1. The Morgan fingerprint density at radius 2 is 1.85 bits per heavy atom. The zero-order valence-corrected chi connectivity index (χ0v) is 15.9. The quantitative estimate of drug-likeness (QED) is 0.693. The van der Waals surface area contributed by atoms with Crippen molar-refractivity contribution in [1.29, 1.82) is 0 Å². The number of carbonyl (C=O) groups excluding carboxylic acids is 1. The van der Waals surface area contributed by atoms with Gasteiger partial charge in [0.25, 0.3) is 5.91 Å². The van der Waals surface area contributed by atoms with E-state index < -0.39 is 0 Å². The van der Waals surface area contributed by atoms with Crippen LogP contribution in [-0.4, -0.2) is 32.8 Å². The van der Waals surface area contributed by atoms with Crippen LogP contribution < -0.4 is 19.5 Å². The van der Waals surface area contributed by atoms with Crippen LogP contribution in [-0.2, 0) is 6.42 Å². The third kappa shape index (κ3) is 5.41. The highest BCUT2D eigenvalue weighted by Gasteiger charge is 2.15. The number of hydrogen-bond acceptors (Lipinski definition) is 4. The molecule has 0 aliphatic rings. The van der Waals surface area contributed by atoms with Crippen LogP contribution in [0.1, 0.15) is 36.2 Å². The molecule has 5 heteroatoms. The van der Waals surface area contributed by atoms with E-state index in [4.69, 9.17) is 14.2 Å². The fourth-order valence-corrected chi connectivity index (χ4v) is 2.70. The Balaban J connectivity index is 1.88. The van der Waals surface area contributed by atoms with E-state index in [9.17, 15) is 4.79 Å². The summed E-state index contributed by atoms with van der Waals surface area (Å²) in [4.78, 5) is 12.4. The van der Waals surface area contributed by atoms with Crippen LogP contribution in [0.25, 0.3) is 0 Å². The largest absolute Gasteiger partial charge is 0.493 e. The molecule has 2 rings (SSSR count). The molecule has 140 valence electrons. The van der Waals surface area contributed by atoms with Crippen LogP contribution in [0.4, 0.5) is 0 Å². The molecule has 0 saturated carbocycles. The smallest absolute Gasteiger partial charge is 0.255 e. The molecule has 0 saturated heterocycles. The highest BCUT2D eigenvalue weighted by molar-refractivity contribution is 5.97. The predicted molar refractivity (Wildman–Crippen MR) is 102 cm³/mol. The average molecular weight is 357 g/mol. The summed E-state index contributed by atoms with van der Waals surface area (Å²) < 4.78 is 16.3. The van der Waals surface area contributed by atoms with Gasteiger partial charge in [-0.05, 0) is 56.5 Å². The lowest BCUT2D eigenvalue weighted by molar-refractivity contribution is 0.0949. The molecule has 0 unspecified atom stereocenters. The molecule has 1 amide bonds. The van der Waals surface area contributed by atoms with E-state index in [-0.39, 0.29) is 12.0 Å². The van der Waals surface area contributed by atoms with Gasteiger partial charge >= 0.3 is 0 Å². The fraction of sp³-hybridized carbons (Fsp3) is 0.381. The van der Waals surface area contributed by atoms with Crippen molar-refractivity contribution in [2.24, 2.45) is 0 Å². The Labute approximate surface area is 155 Å². The molecule has 0 atom stereocenters. The zero-order valence-electron chi connectivity index (χ0n) is 15.9. The SMILES string of the molecule is COc1cccc(C(=O)NCCCc2cccc(OC(C)C)c2)c1OC. The van der Waals surface area contributed by atoms with Crippen molar-refractivity contribution in [1.82, 2.24) is 5.32 Å². The Bertz CT molecular complexity index is 728. The van der Waals surface area contributed by atoms with E-state index in [2.05, 4.69) is 11.4 Å². The summed E-state index contributed by atoms with van der Waals surface area (Å²) in [6, 6.07) is 13.3. The molecule has 0 bridgehead atoms. The van der Waals surface area contributed by atoms with Crippen molar-refractivity contribution in [2.75, 3.05) is 20.8 Å². The van der Waals surface area contributed by atoms with Crippen LogP contribution in [0, 0.1) is 0 Å². The first kappa shape index (κ1) is 19.6. The van der Waals surface area contributed by atoms with Crippen LogP contribution in [0.5, 0.6) is 17.2 Å². The molecular formula is C21H27NO4. The summed E-state index contributed by atoms with van der Waals surface area (Å²) >= 11 is 0. The third-order valence-corrected chi connectivity index (χ3v) is 3.85. The third-order valence-electron chi connectivity index (χ3n) is 3.85. The van der Waals surface area contributed by atoms with Gasteiger partial charge in [-0.3, -0.25) is 4.79 Å². The topological polar surface area (TPSA) is 56.8 Å². The second-order valence-electron chi connectivity index (χ2n) is 6.21. The van der Waals surface area contributed by atoms with Gasteiger partial charge in [0.15, 0.2) is 11.5 Å². The van der Waals surface area contributed by atoms with Crippen LogP contribution >= 0.6 is 0 Å². The number of benzene rings is 2. The summed E-state index contributed by atoms with van der Waals surface area (Å²) in [6.07, 6.45) is 1.86. The number of nitrogens with one attached hydrogen (secondary N) is 1. The van der Waals surface area contributed by atoms with Gasteiger partial charge in [0.2, 0.25) is 0 Å². The monoisotopic (exact) mass is 357 g/mol. The van der Waals surface area contributed by atoms with Crippen LogP contribution in [0.15, 0.2) is 42.5 Å². The second kappa shape index (κ2) is 9.70. The number of amides is 1. The molecule has 0 aliphatic heterocycles.